The van der Waals surface area contributed by atoms with Gasteiger partial charge in [0.15, 0.2) is 0 Å². The molecule has 10 heteroatoms. The Labute approximate surface area is 125 Å². The van der Waals surface area contributed by atoms with E-state index in [4.69, 9.17) is 0 Å². The number of hydrogen-bond donors (Lipinski definition) is 2. The Morgan fingerprint density at radius 1 is 1.23 bits per heavy atom. The lowest BCUT2D eigenvalue weighted by Crippen LogP contribution is -2.40. The summed E-state index contributed by atoms with van der Waals surface area (Å²) in [5.74, 6) is -0.428. The van der Waals surface area contributed by atoms with Crippen LogP contribution in [0.15, 0.2) is 29.2 Å². The van der Waals surface area contributed by atoms with E-state index in [1.165, 1.54) is 0 Å². The summed E-state index contributed by atoms with van der Waals surface area (Å²) in [5.41, 5.74) is 0. The van der Waals surface area contributed by atoms with Crippen LogP contribution in [0.4, 0.5) is 18.0 Å². The van der Waals surface area contributed by atoms with E-state index in [1.54, 1.807) is 4.72 Å². The monoisotopic (exact) mass is 340 g/mol. The summed E-state index contributed by atoms with van der Waals surface area (Å²) in [7, 11) is -4.17. The number of sulfonamides is 1. The van der Waals surface area contributed by atoms with Gasteiger partial charge < -0.3 is 10.1 Å². The van der Waals surface area contributed by atoms with Gasteiger partial charge in [0.2, 0.25) is 0 Å². The third-order valence-corrected chi connectivity index (χ3v) is 3.61. The molecule has 0 unspecified atom stereocenters. The van der Waals surface area contributed by atoms with Crippen molar-refractivity contribution < 1.29 is 31.1 Å². The Morgan fingerprint density at radius 2 is 1.77 bits per heavy atom. The standard InChI is InChI=1S/C12H15F3N2O4S/c1-8(2)7-16-11(18)17-22(19,20)10-5-3-9(4-6-10)21-12(13,14)15/h3-6,8H,7H2,1-2H3,(H2,16,17,18). The number of nitrogens with one attached hydrogen (secondary N) is 2. The first-order valence-corrected chi connectivity index (χ1v) is 7.64. The highest BCUT2D eigenvalue weighted by Crippen LogP contribution is 2.23. The van der Waals surface area contributed by atoms with Crippen LogP contribution in [0.25, 0.3) is 0 Å². The molecule has 0 saturated heterocycles. The summed E-state index contributed by atoms with van der Waals surface area (Å²) < 4.78 is 65.0. The molecular formula is C12H15F3N2O4S. The molecule has 0 bridgehead atoms. The average Bonchev–Trinajstić information content (AvgIpc) is 2.34. The van der Waals surface area contributed by atoms with E-state index in [-0.39, 0.29) is 17.4 Å². The minimum Gasteiger partial charge on any atom is -0.406 e. The van der Waals surface area contributed by atoms with Gasteiger partial charge in [-0.2, -0.15) is 0 Å². The van der Waals surface area contributed by atoms with Crippen LogP contribution in [-0.2, 0) is 10.0 Å². The summed E-state index contributed by atoms with van der Waals surface area (Å²) in [6.07, 6.45) is -4.87. The van der Waals surface area contributed by atoms with Crippen molar-refractivity contribution in [3.05, 3.63) is 24.3 Å². The number of alkyl halides is 3. The SMILES string of the molecule is CC(C)CNC(=O)NS(=O)(=O)c1ccc(OC(F)(F)F)cc1. The molecule has 1 rings (SSSR count). The van der Waals surface area contributed by atoms with Gasteiger partial charge in [-0.3, -0.25) is 0 Å². The van der Waals surface area contributed by atoms with Gasteiger partial charge >= 0.3 is 12.4 Å². The van der Waals surface area contributed by atoms with Crippen molar-refractivity contribution in [1.82, 2.24) is 10.0 Å². The smallest absolute Gasteiger partial charge is 0.406 e. The largest absolute Gasteiger partial charge is 0.573 e. The Hall–Kier alpha value is -1.97. The molecular weight excluding hydrogens is 325 g/mol. The number of ether oxygens (including phenoxy) is 1. The number of halogens is 3. The minimum absolute atomic E-state index is 0.132. The van der Waals surface area contributed by atoms with Crippen LogP contribution in [0.2, 0.25) is 0 Å². The van der Waals surface area contributed by atoms with Gasteiger partial charge in [-0.25, -0.2) is 17.9 Å². The van der Waals surface area contributed by atoms with Crippen molar-refractivity contribution in [2.24, 2.45) is 5.92 Å². The molecule has 22 heavy (non-hydrogen) atoms. The van der Waals surface area contributed by atoms with E-state index in [9.17, 15) is 26.4 Å². The second-order valence-corrected chi connectivity index (χ2v) is 6.41. The van der Waals surface area contributed by atoms with Crippen LogP contribution in [0.1, 0.15) is 13.8 Å². The van der Waals surface area contributed by atoms with E-state index in [0.29, 0.717) is 0 Å². The molecule has 1 aromatic rings. The molecule has 2 amide bonds. The van der Waals surface area contributed by atoms with E-state index >= 15 is 0 Å². The first kappa shape index (κ1) is 18.1. The molecule has 0 aliphatic rings. The van der Waals surface area contributed by atoms with Crippen LogP contribution in [0.5, 0.6) is 5.75 Å². The molecule has 0 aliphatic carbocycles. The van der Waals surface area contributed by atoms with Crippen LogP contribution in [0, 0.1) is 5.92 Å². The molecule has 0 aromatic heterocycles. The molecule has 124 valence electrons. The summed E-state index contributed by atoms with van der Waals surface area (Å²) in [5, 5.41) is 2.35. The zero-order valence-electron chi connectivity index (χ0n) is 11.8. The predicted octanol–water partition coefficient (Wildman–Crippen LogP) is 2.23. The molecule has 2 N–H and O–H groups in total. The lowest BCUT2D eigenvalue weighted by atomic mass is 10.2. The zero-order chi connectivity index (χ0) is 17.0. The van der Waals surface area contributed by atoms with Crippen molar-refractivity contribution in [1.29, 1.82) is 0 Å². The van der Waals surface area contributed by atoms with Gasteiger partial charge in [0.1, 0.15) is 5.75 Å². The van der Waals surface area contributed by atoms with Crippen LogP contribution >= 0.6 is 0 Å². The van der Waals surface area contributed by atoms with Crippen molar-refractivity contribution in [3.63, 3.8) is 0 Å². The highest BCUT2D eigenvalue weighted by molar-refractivity contribution is 7.90. The first-order chi connectivity index (χ1) is 9.99. The van der Waals surface area contributed by atoms with Gasteiger partial charge in [-0.05, 0) is 30.2 Å². The molecule has 0 aliphatic heterocycles. The average molecular weight is 340 g/mol. The van der Waals surface area contributed by atoms with E-state index in [1.807, 2.05) is 13.8 Å². The summed E-state index contributed by atoms with van der Waals surface area (Å²) in [6.45, 7) is 3.93. The molecule has 0 fully saturated rings. The molecule has 0 saturated carbocycles. The zero-order valence-corrected chi connectivity index (χ0v) is 12.6. The van der Waals surface area contributed by atoms with Crippen molar-refractivity contribution >= 4 is 16.1 Å². The Kier molecular flexibility index (Phi) is 5.64. The lowest BCUT2D eigenvalue weighted by Gasteiger charge is -2.11. The Morgan fingerprint density at radius 3 is 2.23 bits per heavy atom. The predicted molar refractivity (Wildman–Crippen MR) is 71.7 cm³/mol. The lowest BCUT2D eigenvalue weighted by molar-refractivity contribution is -0.274. The fraction of sp³-hybridized carbons (Fsp3) is 0.417. The maximum absolute atomic E-state index is 12.0. The maximum atomic E-state index is 12.0. The maximum Gasteiger partial charge on any atom is 0.573 e. The topological polar surface area (TPSA) is 84.5 Å². The summed E-state index contributed by atoms with van der Waals surface area (Å²) in [6, 6.07) is 2.57. The molecule has 0 radical (unpaired) electrons. The molecule has 0 heterocycles. The summed E-state index contributed by atoms with van der Waals surface area (Å²) in [4.78, 5) is 11.1. The number of rotatable bonds is 5. The number of carbonyl (C=O) groups is 1. The third kappa shape index (κ3) is 6.20. The number of urea groups is 1. The minimum atomic E-state index is -4.87. The number of hydrogen-bond acceptors (Lipinski definition) is 4. The Bertz CT molecular complexity index is 612. The van der Waals surface area contributed by atoms with Crippen molar-refractivity contribution in [3.8, 4) is 5.75 Å². The van der Waals surface area contributed by atoms with Gasteiger partial charge in [0, 0.05) is 6.54 Å². The van der Waals surface area contributed by atoms with Crippen LogP contribution in [0.3, 0.4) is 0 Å². The third-order valence-electron chi connectivity index (χ3n) is 2.27. The van der Waals surface area contributed by atoms with Crippen LogP contribution in [-0.4, -0.2) is 27.4 Å². The highest BCUT2D eigenvalue weighted by Gasteiger charge is 2.31. The second-order valence-electron chi connectivity index (χ2n) is 4.73. The highest BCUT2D eigenvalue weighted by atomic mass is 32.2. The molecule has 1 aromatic carbocycles. The normalized spacial score (nSPS) is 12.1. The fourth-order valence-electron chi connectivity index (χ4n) is 1.33. The van der Waals surface area contributed by atoms with Gasteiger partial charge in [0.05, 0.1) is 4.90 Å². The van der Waals surface area contributed by atoms with E-state index in [2.05, 4.69) is 10.1 Å². The van der Waals surface area contributed by atoms with E-state index in [0.717, 1.165) is 24.3 Å². The van der Waals surface area contributed by atoms with Gasteiger partial charge in [-0.15, -0.1) is 13.2 Å². The first-order valence-electron chi connectivity index (χ1n) is 6.16. The van der Waals surface area contributed by atoms with Gasteiger partial charge in [0.25, 0.3) is 10.0 Å². The molecule has 6 nitrogen and oxygen atoms in total. The van der Waals surface area contributed by atoms with Gasteiger partial charge in [-0.1, -0.05) is 13.8 Å². The van der Waals surface area contributed by atoms with Crippen molar-refractivity contribution in [2.45, 2.75) is 25.1 Å². The van der Waals surface area contributed by atoms with Crippen molar-refractivity contribution in [2.75, 3.05) is 6.54 Å². The molecule has 0 atom stereocenters. The summed E-state index contributed by atoms with van der Waals surface area (Å²) >= 11 is 0. The number of carbonyl (C=O) groups excluding carboxylic acids is 1. The second kappa shape index (κ2) is 6.86. The number of benzene rings is 1. The molecule has 0 spiro atoms. The number of amides is 2. The fourth-order valence-corrected chi connectivity index (χ4v) is 2.26. The van der Waals surface area contributed by atoms with E-state index < -0.39 is 28.2 Å². The Balaban J connectivity index is 2.75. The van der Waals surface area contributed by atoms with Crippen LogP contribution < -0.4 is 14.8 Å². The quantitative estimate of drug-likeness (QED) is 0.861.